The summed E-state index contributed by atoms with van der Waals surface area (Å²) in [4.78, 5) is 3.91. The Hall–Kier alpha value is -3.86. The van der Waals surface area contributed by atoms with Crippen LogP contribution in [0.1, 0.15) is 23.6 Å². The molecular formula is C23H20F2N6O2S. The van der Waals surface area contributed by atoms with E-state index in [0.29, 0.717) is 12.0 Å². The Morgan fingerprint density at radius 3 is 2.62 bits per heavy atom. The zero-order valence-corrected chi connectivity index (χ0v) is 19.1. The van der Waals surface area contributed by atoms with Crippen molar-refractivity contribution >= 4 is 21.1 Å². The lowest BCUT2D eigenvalue weighted by atomic mass is 9.86. The highest BCUT2D eigenvalue weighted by atomic mass is 32.2. The average Bonchev–Trinajstić information content (AvgIpc) is 3.38. The minimum Gasteiger partial charge on any atom is -0.284 e. The molecule has 5 rings (SSSR count). The molecule has 0 bridgehead atoms. The Morgan fingerprint density at radius 2 is 1.91 bits per heavy atom. The second-order valence-corrected chi connectivity index (χ2v) is 9.96. The van der Waals surface area contributed by atoms with E-state index in [0.717, 1.165) is 40.7 Å². The molecule has 1 aliphatic rings. The zero-order chi connectivity index (χ0) is 24.0. The molecule has 1 unspecified atom stereocenters. The smallest absolute Gasteiger partial charge is 0.229 e. The number of fused-ring (bicyclic) bond motifs is 1. The van der Waals surface area contributed by atoms with Gasteiger partial charge in [-0.2, -0.15) is 10.2 Å². The molecule has 0 spiro atoms. The van der Waals surface area contributed by atoms with Crippen LogP contribution in [-0.4, -0.2) is 39.1 Å². The molecule has 0 aliphatic heterocycles. The summed E-state index contributed by atoms with van der Waals surface area (Å²) < 4.78 is 57.6. The Bertz CT molecular complexity index is 1590. The Labute approximate surface area is 194 Å². The Kier molecular flexibility index (Phi) is 5.28. The van der Waals surface area contributed by atoms with E-state index in [1.807, 2.05) is 31.6 Å². The SMILES string of the molecule is Cn1cc(-c2ccc3c(C4C=C(NS(C)(=O)=O)C=C(c5ncc(F)cc5F)C4)cnn3c2)cn1. The van der Waals surface area contributed by atoms with Gasteiger partial charge in [0.05, 0.1) is 30.4 Å². The van der Waals surface area contributed by atoms with Crippen LogP contribution >= 0.6 is 0 Å². The fraction of sp³-hybridized carbons (Fsp3) is 0.174. The highest BCUT2D eigenvalue weighted by Gasteiger charge is 2.25. The van der Waals surface area contributed by atoms with Gasteiger partial charge in [0.25, 0.3) is 0 Å². The van der Waals surface area contributed by atoms with Crippen LogP contribution in [0, 0.1) is 11.6 Å². The number of aromatic nitrogens is 5. The molecule has 8 nitrogen and oxygen atoms in total. The van der Waals surface area contributed by atoms with Crippen LogP contribution in [0.3, 0.4) is 0 Å². The van der Waals surface area contributed by atoms with Gasteiger partial charge in [-0.3, -0.25) is 14.4 Å². The van der Waals surface area contributed by atoms with E-state index in [1.54, 1.807) is 27.7 Å². The Morgan fingerprint density at radius 1 is 1.09 bits per heavy atom. The normalized spacial score (nSPS) is 16.4. The fourth-order valence-electron chi connectivity index (χ4n) is 4.13. The number of hydrogen-bond donors (Lipinski definition) is 1. The van der Waals surface area contributed by atoms with Crippen LogP contribution in [0.2, 0.25) is 0 Å². The summed E-state index contributed by atoms with van der Waals surface area (Å²) in [5.74, 6) is -1.92. The summed E-state index contributed by atoms with van der Waals surface area (Å²) in [6.45, 7) is 0. The first-order valence-corrected chi connectivity index (χ1v) is 12.2. The van der Waals surface area contributed by atoms with Crippen LogP contribution in [0.15, 0.2) is 67.0 Å². The van der Waals surface area contributed by atoms with Crippen molar-refractivity contribution < 1.29 is 17.2 Å². The van der Waals surface area contributed by atoms with Gasteiger partial charge in [-0.15, -0.1) is 0 Å². The van der Waals surface area contributed by atoms with E-state index in [1.165, 1.54) is 6.08 Å². The van der Waals surface area contributed by atoms with Crippen molar-refractivity contribution in [1.82, 2.24) is 29.1 Å². The second kappa shape index (κ2) is 8.17. The zero-order valence-electron chi connectivity index (χ0n) is 18.3. The lowest BCUT2D eigenvalue weighted by Crippen LogP contribution is -2.22. The highest BCUT2D eigenvalue weighted by molar-refractivity contribution is 7.88. The third-order valence-electron chi connectivity index (χ3n) is 5.55. The van der Waals surface area contributed by atoms with Crippen LogP contribution in [-0.2, 0) is 17.1 Å². The van der Waals surface area contributed by atoms with E-state index in [2.05, 4.69) is 19.9 Å². The first-order valence-electron chi connectivity index (χ1n) is 10.3. The molecule has 4 aromatic rings. The molecule has 174 valence electrons. The first-order chi connectivity index (χ1) is 16.2. The molecule has 4 heterocycles. The van der Waals surface area contributed by atoms with Gasteiger partial charge in [-0.1, -0.05) is 12.1 Å². The van der Waals surface area contributed by atoms with Crippen LogP contribution in [0.5, 0.6) is 0 Å². The fourth-order valence-corrected chi connectivity index (χ4v) is 4.69. The van der Waals surface area contributed by atoms with Gasteiger partial charge >= 0.3 is 0 Å². The van der Waals surface area contributed by atoms with Crippen molar-refractivity contribution in [3.05, 3.63) is 89.9 Å². The summed E-state index contributed by atoms with van der Waals surface area (Å²) in [7, 11) is -1.74. The predicted octanol–water partition coefficient (Wildman–Crippen LogP) is 3.41. The molecule has 0 radical (unpaired) electrons. The van der Waals surface area contributed by atoms with Crippen molar-refractivity contribution in [3.63, 3.8) is 0 Å². The van der Waals surface area contributed by atoms with Gasteiger partial charge < -0.3 is 0 Å². The van der Waals surface area contributed by atoms with Crippen LogP contribution in [0.4, 0.5) is 8.78 Å². The second-order valence-electron chi connectivity index (χ2n) is 8.21. The number of nitrogens with zero attached hydrogens (tertiary/aromatic N) is 5. The monoisotopic (exact) mass is 482 g/mol. The minimum atomic E-state index is -3.58. The maximum Gasteiger partial charge on any atom is 0.229 e. The third kappa shape index (κ3) is 4.34. The molecule has 0 saturated heterocycles. The average molecular weight is 483 g/mol. The molecule has 4 aromatic heterocycles. The van der Waals surface area contributed by atoms with Gasteiger partial charge in [-0.05, 0) is 24.1 Å². The molecule has 0 aromatic carbocycles. The minimum absolute atomic E-state index is 0.0253. The number of nitrogens with one attached hydrogen (secondary N) is 1. The van der Waals surface area contributed by atoms with Crippen molar-refractivity contribution in [2.75, 3.05) is 6.26 Å². The number of hydrogen-bond acceptors (Lipinski definition) is 5. The van der Waals surface area contributed by atoms with E-state index < -0.39 is 21.7 Å². The summed E-state index contributed by atoms with van der Waals surface area (Å²) in [6.07, 6.45) is 12.8. The van der Waals surface area contributed by atoms with E-state index in [9.17, 15) is 17.2 Å². The van der Waals surface area contributed by atoms with Crippen LogP contribution < -0.4 is 4.72 Å². The number of pyridine rings is 2. The third-order valence-corrected chi connectivity index (χ3v) is 6.16. The molecule has 0 amide bonds. The quantitative estimate of drug-likeness (QED) is 0.471. The van der Waals surface area contributed by atoms with Crippen molar-refractivity contribution in [1.29, 1.82) is 0 Å². The van der Waals surface area contributed by atoms with E-state index in [4.69, 9.17) is 0 Å². The number of sulfonamides is 1. The molecule has 34 heavy (non-hydrogen) atoms. The number of aryl methyl sites for hydroxylation is 1. The summed E-state index contributed by atoms with van der Waals surface area (Å²) >= 11 is 0. The first kappa shape index (κ1) is 22.0. The van der Waals surface area contributed by atoms with Gasteiger partial charge in [0.2, 0.25) is 10.0 Å². The van der Waals surface area contributed by atoms with Gasteiger partial charge in [0.15, 0.2) is 5.82 Å². The lowest BCUT2D eigenvalue weighted by Gasteiger charge is -2.22. The molecule has 1 N–H and O–H groups in total. The van der Waals surface area contributed by atoms with E-state index >= 15 is 0 Å². The molecule has 1 aliphatic carbocycles. The topological polar surface area (TPSA) is 94.2 Å². The van der Waals surface area contributed by atoms with Crippen molar-refractivity contribution in [2.45, 2.75) is 12.3 Å². The molecular weight excluding hydrogens is 462 g/mol. The molecule has 0 fully saturated rings. The lowest BCUT2D eigenvalue weighted by molar-refractivity contribution is 0.568. The maximum absolute atomic E-state index is 14.5. The highest BCUT2D eigenvalue weighted by Crippen LogP contribution is 2.37. The van der Waals surface area contributed by atoms with Crippen molar-refractivity contribution in [3.8, 4) is 11.1 Å². The number of halogens is 2. The number of allylic oxidation sites excluding steroid dienone is 3. The summed E-state index contributed by atoms with van der Waals surface area (Å²) in [5.41, 5.74) is 4.24. The molecule has 1 atom stereocenters. The largest absolute Gasteiger partial charge is 0.284 e. The molecule has 0 saturated carbocycles. The van der Waals surface area contributed by atoms with Gasteiger partial charge in [-0.25, -0.2) is 21.7 Å². The predicted molar refractivity (Wildman–Crippen MR) is 123 cm³/mol. The van der Waals surface area contributed by atoms with Gasteiger partial charge in [0, 0.05) is 53.8 Å². The van der Waals surface area contributed by atoms with Crippen molar-refractivity contribution in [2.24, 2.45) is 7.05 Å². The Balaban J connectivity index is 1.56. The maximum atomic E-state index is 14.5. The number of rotatable bonds is 5. The molecule has 11 heteroatoms. The summed E-state index contributed by atoms with van der Waals surface area (Å²) in [6, 6.07) is 4.64. The van der Waals surface area contributed by atoms with Crippen LogP contribution in [0.25, 0.3) is 22.2 Å². The van der Waals surface area contributed by atoms with E-state index in [-0.39, 0.29) is 17.3 Å². The standard InChI is InChI=1S/C23H20F2N6O2S/c1-30-12-17(9-27-30)14-3-4-22-20(11-28-31(22)13-14)15-5-16(7-19(6-15)29-34(2,32)33)23-21(25)8-18(24)10-26-23/h3-4,6-13,15,29H,5H2,1-2H3. The van der Waals surface area contributed by atoms with Gasteiger partial charge in [0.1, 0.15) is 11.5 Å². The summed E-state index contributed by atoms with van der Waals surface area (Å²) in [5, 5.41) is 8.67.